The number of carbonyl (C=O) groups excluding carboxylic acids is 1. The van der Waals surface area contributed by atoms with E-state index in [0.717, 1.165) is 13.1 Å². The van der Waals surface area contributed by atoms with Crippen LogP contribution < -0.4 is 15.4 Å². The number of urea groups is 1. The van der Waals surface area contributed by atoms with Crippen molar-refractivity contribution in [3.05, 3.63) is 24.0 Å². The molecule has 6 nitrogen and oxygen atoms in total. The number of halogens is 1. The van der Waals surface area contributed by atoms with Crippen LogP contribution in [0.25, 0.3) is 0 Å². The van der Waals surface area contributed by atoms with Crippen molar-refractivity contribution in [1.29, 1.82) is 0 Å². The average molecular weight is 339 g/mol. The molecule has 1 heterocycles. The van der Waals surface area contributed by atoms with E-state index in [9.17, 15) is 9.18 Å². The normalized spacial score (nSPS) is 16.7. The van der Waals surface area contributed by atoms with Gasteiger partial charge in [0.1, 0.15) is 11.6 Å². The number of hydrogen-bond acceptors (Lipinski definition) is 4. The lowest BCUT2D eigenvalue weighted by Crippen LogP contribution is -2.47. The Morgan fingerprint density at radius 2 is 2.04 bits per heavy atom. The molecule has 0 unspecified atom stereocenters. The first-order valence-electron chi connectivity index (χ1n) is 8.28. The van der Waals surface area contributed by atoms with E-state index in [0.29, 0.717) is 25.5 Å². The second-order valence-electron chi connectivity index (χ2n) is 6.14. The van der Waals surface area contributed by atoms with Crippen molar-refractivity contribution in [3.63, 3.8) is 0 Å². The molecule has 2 rings (SSSR count). The van der Waals surface area contributed by atoms with Crippen molar-refractivity contribution in [1.82, 2.24) is 10.2 Å². The highest BCUT2D eigenvalue weighted by Crippen LogP contribution is 2.21. The van der Waals surface area contributed by atoms with Gasteiger partial charge >= 0.3 is 6.03 Å². The van der Waals surface area contributed by atoms with Crippen molar-refractivity contribution in [3.8, 4) is 5.75 Å². The number of ether oxygens (including phenoxy) is 2. The fraction of sp³-hybridized carbons (Fsp3) is 0.588. The first kappa shape index (κ1) is 18.5. The van der Waals surface area contributed by atoms with Gasteiger partial charge in [-0.25, -0.2) is 9.18 Å². The number of benzene rings is 1. The molecule has 0 spiro atoms. The van der Waals surface area contributed by atoms with E-state index < -0.39 is 11.8 Å². The molecule has 24 heavy (non-hydrogen) atoms. The molecular formula is C17H26FN3O3. The summed E-state index contributed by atoms with van der Waals surface area (Å²) in [7, 11) is 0. The lowest BCUT2D eigenvalue weighted by molar-refractivity contribution is 0.0209. The molecule has 1 saturated heterocycles. The van der Waals surface area contributed by atoms with Crippen molar-refractivity contribution in [2.24, 2.45) is 0 Å². The maximum Gasteiger partial charge on any atom is 0.319 e. The van der Waals surface area contributed by atoms with E-state index in [1.54, 1.807) is 6.07 Å². The minimum Gasteiger partial charge on any atom is -0.491 e. The number of hydrogen-bond donors (Lipinski definition) is 2. The largest absolute Gasteiger partial charge is 0.491 e. The first-order chi connectivity index (χ1) is 11.5. The molecule has 1 fully saturated rings. The number of nitrogens with zero attached hydrogens (tertiary/aromatic N) is 1. The van der Waals surface area contributed by atoms with Gasteiger partial charge < -0.3 is 20.1 Å². The van der Waals surface area contributed by atoms with Crippen LogP contribution in [0.4, 0.5) is 14.9 Å². The summed E-state index contributed by atoms with van der Waals surface area (Å²) in [5, 5.41) is 5.30. The van der Waals surface area contributed by atoms with Gasteiger partial charge in [-0.2, -0.15) is 0 Å². The van der Waals surface area contributed by atoms with Crippen LogP contribution in [-0.4, -0.2) is 55.9 Å². The van der Waals surface area contributed by atoms with E-state index in [-0.39, 0.29) is 17.8 Å². The quantitative estimate of drug-likeness (QED) is 0.836. The Labute approximate surface area is 142 Å². The van der Waals surface area contributed by atoms with Crippen LogP contribution in [-0.2, 0) is 4.74 Å². The van der Waals surface area contributed by atoms with Crippen LogP contribution in [0.3, 0.4) is 0 Å². The van der Waals surface area contributed by atoms with Crippen LogP contribution in [0, 0.1) is 5.82 Å². The van der Waals surface area contributed by atoms with E-state index in [1.165, 1.54) is 12.1 Å². The number of morpholine rings is 1. The molecule has 1 atom stereocenters. The molecule has 1 aromatic rings. The number of anilines is 1. The molecule has 0 radical (unpaired) electrons. The van der Waals surface area contributed by atoms with Gasteiger partial charge in [-0.05, 0) is 32.9 Å². The summed E-state index contributed by atoms with van der Waals surface area (Å²) in [5.74, 6) is -0.0843. The van der Waals surface area contributed by atoms with E-state index in [4.69, 9.17) is 9.47 Å². The molecule has 7 heteroatoms. The van der Waals surface area contributed by atoms with Crippen molar-refractivity contribution in [2.45, 2.75) is 32.9 Å². The van der Waals surface area contributed by atoms with E-state index in [1.807, 2.05) is 20.8 Å². The Balaban J connectivity index is 1.81. The predicted octanol–water partition coefficient (Wildman–Crippen LogP) is 2.46. The van der Waals surface area contributed by atoms with E-state index in [2.05, 4.69) is 15.5 Å². The zero-order valence-electron chi connectivity index (χ0n) is 14.5. The van der Waals surface area contributed by atoms with Gasteiger partial charge in [0.25, 0.3) is 0 Å². The Bertz CT molecular complexity index is 548. The molecule has 2 N–H and O–H groups in total. The first-order valence-corrected chi connectivity index (χ1v) is 8.28. The van der Waals surface area contributed by atoms with Gasteiger partial charge in [-0.1, -0.05) is 0 Å². The molecule has 0 aromatic heterocycles. The monoisotopic (exact) mass is 339 g/mol. The average Bonchev–Trinajstić information content (AvgIpc) is 2.55. The Morgan fingerprint density at radius 1 is 1.33 bits per heavy atom. The Hall–Kier alpha value is -1.86. The Kier molecular flexibility index (Phi) is 6.81. The number of rotatable bonds is 6. The number of amides is 2. The zero-order valence-corrected chi connectivity index (χ0v) is 14.5. The standard InChI is InChI=1S/C17H26FN3O3/c1-12(2)24-14-4-5-16(15(18)10-14)20-17(22)19-11-13(3)21-6-8-23-9-7-21/h4-5,10,12-13H,6-9,11H2,1-3H3,(H2,19,20,22)/t13-/m1/s1. The number of carbonyl (C=O) groups is 1. The molecule has 0 aliphatic carbocycles. The number of nitrogens with one attached hydrogen (secondary N) is 2. The molecule has 134 valence electrons. The summed E-state index contributed by atoms with van der Waals surface area (Å²) in [4.78, 5) is 14.2. The minimum absolute atomic E-state index is 0.0341. The van der Waals surface area contributed by atoms with Gasteiger partial charge in [0, 0.05) is 31.7 Å². The highest BCUT2D eigenvalue weighted by atomic mass is 19.1. The summed E-state index contributed by atoms with van der Waals surface area (Å²) in [6.45, 7) is 9.42. The third kappa shape index (κ3) is 5.65. The van der Waals surface area contributed by atoms with Crippen LogP contribution >= 0.6 is 0 Å². The zero-order chi connectivity index (χ0) is 17.5. The smallest absolute Gasteiger partial charge is 0.319 e. The van der Waals surface area contributed by atoms with Crippen LogP contribution in [0.5, 0.6) is 5.75 Å². The topological polar surface area (TPSA) is 62.8 Å². The predicted molar refractivity (Wildman–Crippen MR) is 91.0 cm³/mol. The molecule has 0 saturated carbocycles. The van der Waals surface area contributed by atoms with Crippen LogP contribution in [0.1, 0.15) is 20.8 Å². The van der Waals surface area contributed by atoms with Gasteiger partial charge in [0.15, 0.2) is 0 Å². The van der Waals surface area contributed by atoms with Crippen LogP contribution in [0.2, 0.25) is 0 Å². The second kappa shape index (κ2) is 8.84. The minimum atomic E-state index is -0.524. The SMILES string of the molecule is CC(C)Oc1ccc(NC(=O)NC[C@@H](C)N2CCOCC2)c(F)c1. The molecular weight excluding hydrogens is 313 g/mol. The Morgan fingerprint density at radius 3 is 2.67 bits per heavy atom. The van der Waals surface area contributed by atoms with Gasteiger partial charge in [-0.15, -0.1) is 0 Å². The third-order valence-corrected chi connectivity index (χ3v) is 3.79. The lowest BCUT2D eigenvalue weighted by atomic mass is 10.2. The lowest BCUT2D eigenvalue weighted by Gasteiger charge is -2.32. The maximum atomic E-state index is 14.0. The van der Waals surface area contributed by atoms with Crippen LogP contribution in [0.15, 0.2) is 18.2 Å². The van der Waals surface area contributed by atoms with Gasteiger partial charge in [0.05, 0.1) is 25.0 Å². The summed E-state index contributed by atoms with van der Waals surface area (Å²) in [6, 6.07) is 4.18. The van der Waals surface area contributed by atoms with E-state index >= 15 is 0 Å². The summed E-state index contributed by atoms with van der Waals surface area (Å²) in [6.07, 6.45) is -0.0341. The molecule has 1 aliphatic heterocycles. The highest BCUT2D eigenvalue weighted by Gasteiger charge is 2.17. The molecule has 0 bridgehead atoms. The molecule has 2 amide bonds. The fourth-order valence-corrected chi connectivity index (χ4v) is 2.50. The van der Waals surface area contributed by atoms with Gasteiger partial charge in [-0.3, -0.25) is 4.90 Å². The highest BCUT2D eigenvalue weighted by molar-refractivity contribution is 5.89. The third-order valence-electron chi connectivity index (χ3n) is 3.79. The second-order valence-corrected chi connectivity index (χ2v) is 6.14. The van der Waals surface area contributed by atoms with Crippen molar-refractivity contribution in [2.75, 3.05) is 38.2 Å². The van der Waals surface area contributed by atoms with Crippen molar-refractivity contribution < 1.29 is 18.7 Å². The summed E-state index contributed by atoms with van der Waals surface area (Å²) < 4.78 is 24.7. The van der Waals surface area contributed by atoms with Gasteiger partial charge in [0.2, 0.25) is 0 Å². The molecule has 1 aliphatic rings. The van der Waals surface area contributed by atoms with Crippen molar-refractivity contribution >= 4 is 11.7 Å². The maximum absolute atomic E-state index is 14.0. The summed E-state index contributed by atoms with van der Waals surface area (Å²) >= 11 is 0. The summed E-state index contributed by atoms with van der Waals surface area (Å²) in [5.41, 5.74) is 0.127. The fourth-order valence-electron chi connectivity index (χ4n) is 2.50. The molecule has 1 aromatic carbocycles.